The molecule has 2 atom stereocenters. The number of rotatable bonds is 4. The van der Waals surface area contributed by atoms with Gasteiger partial charge in [0.2, 0.25) is 5.91 Å². The zero-order valence-corrected chi connectivity index (χ0v) is 15.0. The number of amides is 1. The Bertz CT molecular complexity index is 685. The Morgan fingerprint density at radius 3 is 2.61 bits per heavy atom. The van der Waals surface area contributed by atoms with Crippen molar-refractivity contribution in [2.75, 3.05) is 6.54 Å². The highest BCUT2D eigenvalue weighted by molar-refractivity contribution is 9.09. The maximum Gasteiger partial charge on any atom is 0.216 e. The van der Waals surface area contributed by atoms with Crippen molar-refractivity contribution >= 4 is 21.8 Å². The summed E-state index contributed by atoms with van der Waals surface area (Å²) in [4.78, 5) is 12.0. The molecule has 2 aromatic carbocycles. The average Bonchev–Trinajstić information content (AvgIpc) is 2.54. The van der Waals surface area contributed by atoms with Crippen molar-refractivity contribution in [3.63, 3.8) is 0 Å². The predicted molar refractivity (Wildman–Crippen MR) is 98.0 cm³/mol. The van der Waals surface area contributed by atoms with Gasteiger partial charge in [-0.1, -0.05) is 70.5 Å². The third-order valence-corrected chi connectivity index (χ3v) is 5.35. The summed E-state index contributed by atoms with van der Waals surface area (Å²) in [5.41, 5.74) is 4.03. The molecule has 120 valence electrons. The van der Waals surface area contributed by atoms with Gasteiger partial charge in [-0.15, -0.1) is 0 Å². The maximum absolute atomic E-state index is 11.6. The van der Waals surface area contributed by atoms with Crippen molar-refractivity contribution < 1.29 is 4.79 Å². The molecule has 0 saturated heterocycles. The third kappa shape index (κ3) is 3.66. The lowest BCUT2D eigenvalue weighted by molar-refractivity contribution is -0.119. The van der Waals surface area contributed by atoms with E-state index in [1.165, 1.54) is 16.7 Å². The number of carbonyl (C=O) groups excluding carboxylic acids is 1. The van der Waals surface area contributed by atoms with Crippen LogP contribution in [0.1, 0.15) is 30.0 Å². The molecular weight excluding hydrogens is 350 g/mol. The van der Waals surface area contributed by atoms with Gasteiger partial charge in [0.1, 0.15) is 0 Å². The number of hydrogen-bond donors (Lipinski definition) is 1. The molecule has 0 aliphatic heterocycles. The van der Waals surface area contributed by atoms with Crippen LogP contribution in [0.15, 0.2) is 54.6 Å². The highest BCUT2D eigenvalue weighted by atomic mass is 79.9. The molecule has 0 radical (unpaired) electrons. The van der Waals surface area contributed by atoms with E-state index in [-0.39, 0.29) is 11.3 Å². The fraction of sp³-hybridized carbons (Fsp3) is 0.350. The highest BCUT2D eigenvalue weighted by Crippen LogP contribution is 2.42. The van der Waals surface area contributed by atoms with Crippen LogP contribution in [0.3, 0.4) is 0 Å². The van der Waals surface area contributed by atoms with Gasteiger partial charge >= 0.3 is 0 Å². The zero-order valence-electron chi connectivity index (χ0n) is 13.4. The summed E-state index contributed by atoms with van der Waals surface area (Å²) in [5, 5.41) is 3.08. The van der Waals surface area contributed by atoms with E-state index in [4.69, 9.17) is 0 Å². The molecular formula is C20H22BrNO. The van der Waals surface area contributed by atoms with E-state index in [0.29, 0.717) is 11.4 Å². The molecule has 0 bridgehead atoms. The Morgan fingerprint density at radius 2 is 1.87 bits per heavy atom. The van der Waals surface area contributed by atoms with Crippen molar-refractivity contribution in [1.29, 1.82) is 0 Å². The minimum absolute atomic E-state index is 0.0339. The number of hydrogen-bond acceptors (Lipinski definition) is 1. The van der Waals surface area contributed by atoms with E-state index in [0.717, 1.165) is 19.3 Å². The standard InChI is InChI=1S/C20H22BrNO/c1-15(23)22-14-20(12-16-7-3-2-4-8-16)13-18(21)11-17-9-5-6-10-19(17)20/h2-10,18H,11-14H2,1H3,(H,22,23). The van der Waals surface area contributed by atoms with Gasteiger partial charge in [-0.2, -0.15) is 0 Å². The average molecular weight is 372 g/mol. The Balaban J connectivity index is 2.03. The van der Waals surface area contributed by atoms with Crippen LogP contribution in [-0.2, 0) is 23.1 Å². The second-order valence-electron chi connectivity index (χ2n) is 6.52. The Hall–Kier alpha value is -1.61. The van der Waals surface area contributed by atoms with Gasteiger partial charge in [-0.25, -0.2) is 0 Å². The zero-order chi connectivity index (χ0) is 16.3. The van der Waals surface area contributed by atoms with Gasteiger partial charge < -0.3 is 5.32 Å². The molecule has 0 saturated carbocycles. The molecule has 0 fully saturated rings. The van der Waals surface area contributed by atoms with Crippen LogP contribution in [0.5, 0.6) is 0 Å². The summed E-state index contributed by atoms with van der Waals surface area (Å²) in [6.45, 7) is 2.27. The first kappa shape index (κ1) is 16.3. The van der Waals surface area contributed by atoms with E-state index in [1.807, 2.05) is 6.07 Å². The van der Waals surface area contributed by atoms with Crippen molar-refractivity contribution in [3.05, 3.63) is 71.3 Å². The molecule has 23 heavy (non-hydrogen) atoms. The van der Waals surface area contributed by atoms with Crippen molar-refractivity contribution in [2.24, 2.45) is 0 Å². The molecule has 0 heterocycles. The van der Waals surface area contributed by atoms with Crippen LogP contribution in [0.25, 0.3) is 0 Å². The van der Waals surface area contributed by atoms with E-state index in [1.54, 1.807) is 6.92 Å². The van der Waals surface area contributed by atoms with Gasteiger partial charge in [0.25, 0.3) is 0 Å². The lowest BCUT2D eigenvalue weighted by Crippen LogP contribution is -2.46. The minimum atomic E-state index is -0.0595. The number of fused-ring (bicyclic) bond motifs is 1. The lowest BCUT2D eigenvalue weighted by atomic mass is 9.66. The summed E-state index contributed by atoms with van der Waals surface area (Å²) in [6, 6.07) is 19.2. The number of benzene rings is 2. The van der Waals surface area contributed by atoms with Crippen LogP contribution in [-0.4, -0.2) is 17.3 Å². The lowest BCUT2D eigenvalue weighted by Gasteiger charge is -2.41. The maximum atomic E-state index is 11.6. The minimum Gasteiger partial charge on any atom is -0.355 e. The Morgan fingerprint density at radius 1 is 1.17 bits per heavy atom. The largest absolute Gasteiger partial charge is 0.355 e. The van der Waals surface area contributed by atoms with E-state index >= 15 is 0 Å². The normalized spacial score (nSPS) is 23.1. The second kappa shape index (κ2) is 6.88. The number of alkyl halides is 1. The molecule has 2 aromatic rings. The van der Waals surface area contributed by atoms with E-state index in [9.17, 15) is 4.79 Å². The van der Waals surface area contributed by atoms with Gasteiger partial charge in [0.15, 0.2) is 0 Å². The van der Waals surface area contributed by atoms with Crippen molar-refractivity contribution in [1.82, 2.24) is 5.32 Å². The fourth-order valence-corrected chi connectivity index (χ4v) is 4.71. The highest BCUT2D eigenvalue weighted by Gasteiger charge is 2.39. The molecule has 1 aliphatic carbocycles. The van der Waals surface area contributed by atoms with Crippen LogP contribution in [0.2, 0.25) is 0 Å². The van der Waals surface area contributed by atoms with Crippen LogP contribution in [0.4, 0.5) is 0 Å². The number of nitrogens with one attached hydrogen (secondary N) is 1. The first-order valence-electron chi connectivity index (χ1n) is 8.10. The molecule has 2 nitrogen and oxygen atoms in total. The van der Waals surface area contributed by atoms with Gasteiger partial charge in [0, 0.05) is 23.7 Å². The van der Waals surface area contributed by atoms with Crippen molar-refractivity contribution in [3.8, 4) is 0 Å². The summed E-state index contributed by atoms with van der Waals surface area (Å²) in [6.07, 6.45) is 3.01. The first-order valence-corrected chi connectivity index (χ1v) is 9.01. The molecule has 3 rings (SSSR count). The van der Waals surface area contributed by atoms with Crippen LogP contribution >= 0.6 is 15.9 Å². The molecule has 1 aliphatic rings. The second-order valence-corrected chi connectivity index (χ2v) is 7.81. The molecule has 1 amide bonds. The quantitative estimate of drug-likeness (QED) is 0.808. The fourth-order valence-electron chi connectivity index (χ4n) is 3.74. The summed E-state index contributed by atoms with van der Waals surface area (Å²) in [5.74, 6) is 0.0339. The van der Waals surface area contributed by atoms with E-state index < -0.39 is 0 Å². The summed E-state index contributed by atoms with van der Waals surface area (Å²) in [7, 11) is 0. The molecule has 1 N–H and O–H groups in total. The van der Waals surface area contributed by atoms with Crippen molar-refractivity contribution in [2.45, 2.75) is 36.4 Å². The Kier molecular flexibility index (Phi) is 4.86. The van der Waals surface area contributed by atoms with Gasteiger partial charge in [-0.3, -0.25) is 4.79 Å². The smallest absolute Gasteiger partial charge is 0.216 e. The van der Waals surface area contributed by atoms with Gasteiger partial charge in [-0.05, 0) is 36.0 Å². The topological polar surface area (TPSA) is 29.1 Å². The summed E-state index contributed by atoms with van der Waals surface area (Å²) >= 11 is 3.84. The monoisotopic (exact) mass is 371 g/mol. The molecule has 0 aromatic heterocycles. The third-order valence-electron chi connectivity index (χ3n) is 4.70. The summed E-state index contributed by atoms with van der Waals surface area (Å²) < 4.78 is 0. The number of carbonyl (C=O) groups is 1. The van der Waals surface area contributed by atoms with E-state index in [2.05, 4.69) is 69.8 Å². The van der Waals surface area contributed by atoms with Gasteiger partial charge in [0.05, 0.1) is 0 Å². The molecule has 3 heteroatoms. The SMILES string of the molecule is CC(=O)NCC1(Cc2ccccc2)CC(Br)Cc2ccccc21. The Labute approximate surface area is 146 Å². The first-order chi connectivity index (χ1) is 11.1. The van der Waals surface area contributed by atoms with Crippen LogP contribution in [0, 0.1) is 0 Å². The molecule has 0 spiro atoms. The number of halogens is 1. The molecule has 2 unspecified atom stereocenters. The van der Waals surface area contributed by atoms with Crippen LogP contribution < -0.4 is 5.32 Å². The predicted octanol–water partition coefficient (Wildman–Crippen LogP) is 4.01.